The number of rotatable bonds is 6. The lowest BCUT2D eigenvalue weighted by molar-refractivity contribution is 0.00170. The topological polar surface area (TPSA) is 93.1 Å². The number of aromatic nitrogens is 1. The molecule has 144 valence electrons. The maximum absolute atomic E-state index is 10.4. The van der Waals surface area contributed by atoms with Crippen LogP contribution < -0.4 is 19.5 Å². The number of hydrogen-bond donors (Lipinski definition) is 3. The monoisotopic (exact) mass is 372 g/mol. The predicted molar refractivity (Wildman–Crippen MR) is 97.8 cm³/mol. The fourth-order valence-corrected chi connectivity index (χ4v) is 3.65. The molecular formula is C20H24N2O5. The fraction of sp³-hybridized carbons (Fsp3) is 0.450. The van der Waals surface area contributed by atoms with Gasteiger partial charge in [-0.25, -0.2) is 4.98 Å². The second-order valence-electron chi connectivity index (χ2n) is 7.04. The van der Waals surface area contributed by atoms with E-state index in [9.17, 15) is 10.2 Å². The molecule has 2 heterocycles. The molecule has 0 bridgehead atoms. The quantitative estimate of drug-likeness (QED) is 0.706. The van der Waals surface area contributed by atoms with Gasteiger partial charge in [-0.15, -0.1) is 0 Å². The molecule has 3 N–H and O–H groups in total. The third kappa shape index (κ3) is 3.85. The molecule has 7 heteroatoms. The molecule has 27 heavy (non-hydrogen) atoms. The maximum atomic E-state index is 10.4. The minimum Gasteiger partial charge on any atom is -0.477 e. The van der Waals surface area contributed by atoms with E-state index in [-0.39, 0.29) is 18.8 Å². The number of aliphatic hydroxyl groups excluding tert-OH is 2. The average Bonchev–Trinajstić information content (AvgIpc) is 3.25. The lowest BCUT2D eigenvalue weighted by Crippen LogP contribution is -2.39. The third-order valence-electron chi connectivity index (χ3n) is 5.14. The summed E-state index contributed by atoms with van der Waals surface area (Å²) in [5.41, 5.74) is 1.84. The molecule has 1 aliphatic carbocycles. The summed E-state index contributed by atoms with van der Waals surface area (Å²) in [6, 6.07) is 11.1. The number of nitrogens with one attached hydrogen (secondary N) is 1. The molecule has 2 aliphatic rings. The van der Waals surface area contributed by atoms with Gasteiger partial charge < -0.3 is 29.7 Å². The zero-order chi connectivity index (χ0) is 18.8. The van der Waals surface area contributed by atoms with Crippen molar-refractivity contribution in [1.82, 2.24) is 10.3 Å². The molecule has 1 aromatic carbocycles. The van der Waals surface area contributed by atoms with Crippen molar-refractivity contribution < 1.29 is 24.4 Å². The van der Waals surface area contributed by atoms with E-state index >= 15 is 0 Å². The van der Waals surface area contributed by atoms with E-state index < -0.39 is 12.2 Å². The van der Waals surface area contributed by atoms with Crippen LogP contribution >= 0.6 is 0 Å². The van der Waals surface area contributed by atoms with E-state index in [0.29, 0.717) is 25.5 Å². The first-order valence-corrected chi connectivity index (χ1v) is 9.15. The summed E-state index contributed by atoms with van der Waals surface area (Å²) in [5, 5.41) is 24.1. The van der Waals surface area contributed by atoms with E-state index in [1.165, 1.54) is 0 Å². The Labute approximate surface area is 157 Å². The van der Waals surface area contributed by atoms with Gasteiger partial charge in [0.25, 0.3) is 0 Å². The number of ether oxygens (including phenoxy) is 3. The van der Waals surface area contributed by atoms with Crippen LogP contribution in [0.15, 0.2) is 36.4 Å². The first kappa shape index (κ1) is 18.0. The van der Waals surface area contributed by atoms with Gasteiger partial charge in [-0.05, 0) is 25.5 Å². The molecule has 1 aliphatic heterocycles. The van der Waals surface area contributed by atoms with E-state index in [0.717, 1.165) is 22.8 Å². The predicted octanol–water partition coefficient (Wildman–Crippen LogP) is 1.40. The van der Waals surface area contributed by atoms with Gasteiger partial charge in [-0.3, -0.25) is 0 Å². The SMILES string of the molecule is Cc1cccc(OC[C@H]2C[C@@H](NCc3cccc4c3OCO4)[C@H](O)[C@@H]2O)n1. The highest BCUT2D eigenvalue weighted by Crippen LogP contribution is 2.35. The lowest BCUT2D eigenvalue weighted by Gasteiger charge is -2.18. The van der Waals surface area contributed by atoms with Crippen LogP contribution in [-0.4, -0.2) is 46.8 Å². The van der Waals surface area contributed by atoms with Gasteiger partial charge in [0.15, 0.2) is 11.5 Å². The zero-order valence-electron chi connectivity index (χ0n) is 15.2. The van der Waals surface area contributed by atoms with Crippen LogP contribution in [0.25, 0.3) is 0 Å². The van der Waals surface area contributed by atoms with Crippen LogP contribution in [-0.2, 0) is 6.54 Å². The number of nitrogens with zero attached hydrogens (tertiary/aromatic N) is 1. The van der Waals surface area contributed by atoms with E-state index in [1.807, 2.05) is 37.3 Å². The molecule has 2 aromatic rings. The van der Waals surface area contributed by atoms with Gasteiger partial charge in [-0.2, -0.15) is 0 Å². The Balaban J connectivity index is 1.34. The maximum Gasteiger partial charge on any atom is 0.231 e. The number of pyridine rings is 1. The van der Waals surface area contributed by atoms with E-state index in [2.05, 4.69) is 10.3 Å². The summed E-state index contributed by atoms with van der Waals surface area (Å²) in [6.45, 7) is 2.96. The standard InChI is InChI=1S/C20H24N2O5/c1-12-4-2-7-17(22-12)25-10-14-8-15(19(24)18(14)23)21-9-13-5-3-6-16-20(13)27-11-26-16/h2-7,14-15,18-19,21,23-24H,8-11H2,1H3/t14-,15-,18-,19+/m1/s1. The van der Waals surface area contributed by atoms with Gasteiger partial charge in [-0.1, -0.05) is 18.2 Å². The Morgan fingerprint density at radius 3 is 2.85 bits per heavy atom. The van der Waals surface area contributed by atoms with E-state index in [4.69, 9.17) is 14.2 Å². The van der Waals surface area contributed by atoms with Crippen molar-refractivity contribution in [3.63, 3.8) is 0 Å². The van der Waals surface area contributed by atoms with Crippen LogP contribution in [0.1, 0.15) is 17.7 Å². The zero-order valence-corrected chi connectivity index (χ0v) is 15.2. The summed E-state index contributed by atoms with van der Waals surface area (Å²) in [6.07, 6.45) is -1.08. The van der Waals surface area contributed by atoms with Crippen molar-refractivity contribution in [1.29, 1.82) is 0 Å². The molecule has 4 atom stereocenters. The summed E-state index contributed by atoms with van der Waals surface area (Å²) in [5.74, 6) is 1.84. The van der Waals surface area contributed by atoms with Crippen LogP contribution in [0.3, 0.4) is 0 Å². The van der Waals surface area contributed by atoms with Crippen molar-refractivity contribution in [2.24, 2.45) is 5.92 Å². The minimum atomic E-state index is -0.849. The molecule has 0 radical (unpaired) electrons. The Kier molecular flexibility index (Phi) is 5.15. The van der Waals surface area contributed by atoms with Crippen LogP contribution in [0, 0.1) is 12.8 Å². The Hall–Kier alpha value is -2.35. The molecule has 7 nitrogen and oxygen atoms in total. The van der Waals surface area contributed by atoms with Crippen molar-refractivity contribution in [2.75, 3.05) is 13.4 Å². The van der Waals surface area contributed by atoms with Crippen molar-refractivity contribution in [2.45, 2.75) is 38.1 Å². The van der Waals surface area contributed by atoms with Gasteiger partial charge >= 0.3 is 0 Å². The van der Waals surface area contributed by atoms with E-state index in [1.54, 1.807) is 6.07 Å². The Bertz CT molecular complexity index is 800. The normalized spacial score (nSPS) is 26.3. The van der Waals surface area contributed by atoms with Crippen molar-refractivity contribution in [3.8, 4) is 17.4 Å². The highest BCUT2D eigenvalue weighted by Gasteiger charge is 2.41. The van der Waals surface area contributed by atoms with Gasteiger partial charge in [0, 0.05) is 35.8 Å². The summed E-state index contributed by atoms with van der Waals surface area (Å²) >= 11 is 0. The van der Waals surface area contributed by atoms with Crippen LogP contribution in [0.4, 0.5) is 0 Å². The molecule has 0 amide bonds. The number of hydrogen-bond acceptors (Lipinski definition) is 7. The summed E-state index contributed by atoms with van der Waals surface area (Å²) < 4.78 is 16.6. The second kappa shape index (κ2) is 7.72. The molecule has 0 saturated heterocycles. The number of fused-ring (bicyclic) bond motifs is 1. The summed E-state index contributed by atoms with van der Waals surface area (Å²) in [7, 11) is 0. The molecule has 0 unspecified atom stereocenters. The number of aryl methyl sites for hydroxylation is 1. The number of benzene rings is 1. The molecule has 1 fully saturated rings. The smallest absolute Gasteiger partial charge is 0.231 e. The van der Waals surface area contributed by atoms with Gasteiger partial charge in [0.05, 0.1) is 18.8 Å². The van der Waals surface area contributed by atoms with Crippen LogP contribution in [0.2, 0.25) is 0 Å². The first-order valence-electron chi connectivity index (χ1n) is 9.15. The average molecular weight is 372 g/mol. The Morgan fingerprint density at radius 1 is 1.15 bits per heavy atom. The molecule has 4 rings (SSSR count). The highest BCUT2D eigenvalue weighted by atomic mass is 16.7. The molecule has 1 aromatic heterocycles. The second-order valence-corrected chi connectivity index (χ2v) is 7.04. The lowest BCUT2D eigenvalue weighted by atomic mass is 10.1. The number of aliphatic hydroxyl groups is 2. The molecule has 0 spiro atoms. The largest absolute Gasteiger partial charge is 0.477 e. The fourth-order valence-electron chi connectivity index (χ4n) is 3.65. The number of para-hydroxylation sites is 1. The van der Waals surface area contributed by atoms with Crippen molar-refractivity contribution in [3.05, 3.63) is 47.7 Å². The third-order valence-corrected chi connectivity index (χ3v) is 5.14. The first-order chi connectivity index (χ1) is 13.1. The van der Waals surface area contributed by atoms with Gasteiger partial charge in [0.2, 0.25) is 12.7 Å². The molecular weight excluding hydrogens is 348 g/mol. The molecule has 1 saturated carbocycles. The summed E-state index contributed by atoms with van der Waals surface area (Å²) in [4.78, 5) is 4.30. The van der Waals surface area contributed by atoms with Crippen molar-refractivity contribution >= 4 is 0 Å². The Morgan fingerprint density at radius 2 is 2.00 bits per heavy atom. The van der Waals surface area contributed by atoms with Gasteiger partial charge in [0.1, 0.15) is 0 Å². The minimum absolute atomic E-state index is 0.166. The highest BCUT2D eigenvalue weighted by molar-refractivity contribution is 5.48. The van der Waals surface area contributed by atoms with Crippen LogP contribution in [0.5, 0.6) is 17.4 Å².